The highest BCUT2D eigenvalue weighted by atomic mass is 35.5. The van der Waals surface area contributed by atoms with Crippen LogP contribution in [0, 0.1) is 6.92 Å². The van der Waals surface area contributed by atoms with Gasteiger partial charge in [-0.15, -0.1) is 0 Å². The molecule has 0 bridgehead atoms. The average molecular weight is 296 g/mol. The van der Waals surface area contributed by atoms with Crippen molar-refractivity contribution < 1.29 is 4.79 Å². The fourth-order valence-electron chi connectivity index (χ4n) is 2.52. The Hall–Kier alpha value is -1.26. The number of hydrogen-bond acceptors (Lipinski definition) is 2. The summed E-state index contributed by atoms with van der Waals surface area (Å²) >= 11 is 6.04. The predicted octanol–water partition coefficient (Wildman–Crippen LogP) is 3.43. The van der Waals surface area contributed by atoms with Gasteiger partial charge in [-0.1, -0.05) is 36.9 Å². The first-order chi connectivity index (χ1) is 9.56. The largest absolute Gasteiger partial charge is 0.334 e. The topological polar surface area (TPSA) is 67.2 Å². The van der Waals surface area contributed by atoms with Crippen LogP contribution in [0.2, 0.25) is 5.02 Å². The Kier molecular flexibility index (Phi) is 5.26. The second kappa shape index (κ2) is 6.95. The molecular weight excluding hydrogens is 274 g/mol. The van der Waals surface area contributed by atoms with Gasteiger partial charge in [0.2, 0.25) is 0 Å². The molecule has 1 aromatic rings. The first-order valence-electron chi connectivity index (χ1n) is 7.15. The highest BCUT2D eigenvalue weighted by Gasteiger charge is 2.21. The van der Waals surface area contributed by atoms with Crippen molar-refractivity contribution in [2.75, 3.05) is 5.32 Å². The van der Waals surface area contributed by atoms with Crippen molar-refractivity contribution in [2.24, 2.45) is 5.73 Å². The number of urea groups is 1. The molecule has 110 valence electrons. The lowest BCUT2D eigenvalue weighted by molar-refractivity contribution is 0.245. The van der Waals surface area contributed by atoms with Crippen LogP contribution in [0.3, 0.4) is 0 Å². The molecule has 20 heavy (non-hydrogen) atoms. The van der Waals surface area contributed by atoms with Crippen LogP contribution in [0.15, 0.2) is 18.2 Å². The van der Waals surface area contributed by atoms with Crippen molar-refractivity contribution >= 4 is 23.3 Å². The van der Waals surface area contributed by atoms with E-state index in [0.717, 1.165) is 31.2 Å². The first kappa shape index (κ1) is 15.1. The summed E-state index contributed by atoms with van der Waals surface area (Å²) in [5, 5.41) is 6.43. The Morgan fingerprint density at radius 1 is 1.30 bits per heavy atom. The molecule has 0 spiro atoms. The molecule has 1 saturated carbocycles. The van der Waals surface area contributed by atoms with Crippen LogP contribution in [-0.4, -0.2) is 18.1 Å². The normalized spacial score (nSPS) is 22.9. The molecule has 4 nitrogen and oxygen atoms in total. The number of halogens is 1. The maximum Gasteiger partial charge on any atom is 0.319 e. The fraction of sp³-hybridized carbons (Fsp3) is 0.533. The van der Waals surface area contributed by atoms with E-state index in [1.807, 2.05) is 19.1 Å². The molecule has 2 atom stereocenters. The van der Waals surface area contributed by atoms with Gasteiger partial charge in [-0.3, -0.25) is 0 Å². The number of benzene rings is 1. The van der Waals surface area contributed by atoms with E-state index >= 15 is 0 Å². The monoisotopic (exact) mass is 295 g/mol. The zero-order chi connectivity index (χ0) is 14.5. The van der Waals surface area contributed by atoms with E-state index in [1.54, 1.807) is 6.07 Å². The molecule has 1 aromatic carbocycles. The zero-order valence-electron chi connectivity index (χ0n) is 11.8. The van der Waals surface area contributed by atoms with Gasteiger partial charge in [0.15, 0.2) is 0 Å². The molecule has 2 amide bonds. The van der Waals surface area contributed by atoms with Gasteiger partial charge in [0.1, 0.15) is 0 Å². The minimum absolute atomic E-state index is 0.0462. The SMILES string of the molecule is Cc1ccc(NC(=O)NC2CCCCCC2N)cc1Cl. The molecule has 0 heterocycles. The summed E-state index contributed by atoms with van der Waals surface area (Å²) < 4.78 is 0. The summed E-state index contributed by atoms with van der Waals surface area (Å²) in [5.41, 5.74) is 7.79. The van der Waals surface area contributed by atoms with Crippen molar-refractivity contribution in [3.63, 3.8) is 0 Å². The number of hydrogen-bond donors (Lipinski definition) is 3. The van der Waals surface area contributed by atoms with E-state index in [2.05, 4.69) is 10.6 Å². The van der Waals surface area contributed by atoms with Gasteiger partial charge in [0, 0.05) is 22.8 Å². The van der Waals surface area contributed by atoms with Crippen LogP contribution < -0.4 is 16.4 Å². The standard InChI is InChI=1S/C15H22ClN3O/c1-10-7-8-11(9-12(10)16)18-15(20)19-14-6-4-2-3-5-13(14)17/h7-9,13-14H,2-6,17H2,1H3,(H2,18,19,20). The zero-order valence-corrected chi connectivity index (χ0v) is 12.5. The number of nitrogens with two attached hydrogens (primary N) is 1. The van der Waals surface area contributed by atoms with Crippen molar-refractivity contribution in [1.82, 2.24) is 5.32 Å². The van der Waals surface area contributed by atoms with Crippen molar-refractivity contribution in [1.29, 1.82) is 0 Å². The van der Waals surface area contributed by atoms with E-state index in [4.69, 9.17) is 17.3 Å². The molecule has 1 aliphatic carbocycles. The minimum atomic E-state index is -0.215. The summed E-state index contributed by atoms with van der Waals surface area (Å²) in [6.07, 6.45) is 5.38. The van der Waals surface area contributed by atoms with E-state index in [1.165, 1.54) is 6.42 Å². The molecule has 2 rings (SSSR count). The third kappa shape index (κ3) is 4.12. The summed E-state index contributed by atoms with van der Waals surface area (Å²) in [6, 6.07) is 5.36. The van der Waals surface area contributed by atoms with Crippen molar-refractivity contribution in [3.05, 3.63) is 28.8 Å². The summed E-state index contributed by atoms with van der Waals surface area (Å²) in [6.45, 7) is 1.93. The van der Waals surface area contributed by atoms with Crippen molar-refractivity contribution in [3.8, 4) is 0 Å². The Morgan fingerprint density at radius 2 is 2.05 bits per heavy atom. The minimum Gasteiger partial charge on any atom is -0.334 e. The summed E-state index contributed by atoms with van der Waals surface area (Å²) in [7, 11) is 0. The van der Waals surface area contributed by atoms with Crippen LogP contribution in [0.5, 0.6) is 0 Å². The van der Waals surface area contributed by atoms with E-state index < -0.39 is 0 Å². The van der Waals surface area contributed by atoms with Gasteiger partial charge < -0.3 is 16.4 Å². The number of carbonyl (C=O) groups excluding carboxylic acids is 1. The highest BCUT2D eigenvalue weighted by Crippen LogP contribution is 2.20. The molecule has 1 fully saturated rings. The second-order valence-corrected chi connectivity index (χ2v) is 5.88. The molecule has 0 saturated heterocycles. The maximum atomic E-state index is 12.0. The molecule has 4 N–H and O–H groups in total. The quantitative estimate of drug-likeness (QED) is 0.732. The second-order valence-electron chi connectivity index (χ2n) is 5.47. The van der Waals surface area contributed by atoms with Crippen LogP contribution in [0.4, 0.5) is 10.5 Å². The number of amides is 2. The third-order valence-electron chi connectivity index (χ3n) is 3.82. The summed E-state index contributed by atoms with van der Waals surface area (Å²) in [5.74, 6) is 0. The van der Waals surface area contributed by atoms with Crippen molar-refractivity contribution in [2.45, 2.75) is 51.1 Å². The summed E-state index contributed by atoms with van der Waals surface area (Å²) in [4.78, 5) is 12.0. The Balaban J connectivity index is 1.92. The first-order valence-corrected chi connectivity index (χ1v) is 7.53. The molecule has 5 heteroatoms. The molecule has 1 aliphatic rings. The molecule has 0 aliphatic heterocycles. The van der Waals surface area contributed by atoms with Crippen LogP contribution in [-0.2, 0) is 0 Å². The number of rotatable bonds is 2. The van der Waals surface area contributed by atoms with Gasteiger partial charge in [-0.2, -0.15) is 0 Å². The molecule has 0 aromatic heterocycles. The van der Waals surface area contributed by atoms with Gasteiger partial charge >= 0.3 is 6.03 Å². The van der Waals surface area contributed by atoms with Gasteiger partial charge in [0.25, 0.3) is 0 Å². The van der Waals surface area contributed by atoms with Crippen LogP contribution in [0.25, 0.3) is 0 Å². The van der Waals surface area contributed by atoms with E-state index in [-0.39, 0.29) is 18.1 Å². The number of aryl methyl sites for hydroxylation is 1. The maximum absolute atomic E-state index is 12.0. The van der Waals surface area contributed by atoms with Crippen LogP contribution >= 0.6 is 11.6 Å². The fourth-order valence-corrected chi connectivity index (χ4v) is 2.70. The molecule has 0 radical (unpaired) electrons. The smallest absolute Gasteiger partial charge is 0.319 e. The number of nitrogens with one attached hydrogen (secondary N) is 2. The number of anilines is 1. The molecular formula is C15H22ClN3O. The lowest BCUT2D eigenvalue weighted by Crippen LogP contribution is -2.48. The van der Waals surface area contributed by atoms with E-state index in [0.29, 0.717) is 10.7 Å². The van der Waals surface area contributed by atoms with Gasteiger partial charge in [-0.25, -0.2) is 4.79 Å². The molecule has 2 unspecified atom stereocenters. The Labute approximate surface area is 125 Å². The Morgan fingerprint density at radius 3 is 2.80 bits per heavy atom. The predicted molar refractivity (Wildman–Crippen MR) is 83.2 cm³/mol. The van der Waals surface area contributed by atoms with Gasteiger partial charge in [0.05, 0.1) is 0 Å². The van der Waals surface area contributed by atoms with Crippen LogP contribution in [0.1, 0.15) is 37.7 Å². The number of carbonyl (C=O) groups is 1. The lowest BCUT2D eigenvalue weighted by Gasteiger charge is -2.22. The third-order valence-corrected chi connectivity index (χ3v) is 4.22. The Bertz CT molecular complexity index is 478. The highest BCUT2D eigenvalue weighted by molar-refractivity contribution is 6.31. The van der Waals surface area contributed by atoms with Gasteiger partial charge in [-0.05, 0) is 37.5 Å². The lowest BCUT2D eigenvalue weighted by atomic mass is 10.0. The average Bonchev–Trinajstić information content (AvgIpc) is 2.59. The van der Waals surface area contributed by atoms with E-state index in [9.17, 15) is 4.79 Å².